The summed E-state index contributed by atoms with van der Waals surface area (Å²) < 4.78 is 1.69. The van der Waals surface area contributed by atoms with Crippen LogP contribution in [0.1, 0.15) is 16.7 Å². The molecule has 1 aliphatic rings. The van der Waals surface area contributed by atoms with Crippen LogP contribution in [0.2, 0.25) is 0 Å². The van der Waals surface area contributed by atoms with E-state index in [9.17, 15) is 9.59 Å². The lowest BCUT2D eigenvalue weighted by molar-refractivity contribution is -0.117. The normalized spacial score (nSPS) is 13.1. The van der Waals surface area contributed by atoms with Crippen molar-refractivity contribution in [2.75, 3.05) is 0 Å². The number of hydrogen-bond donors (Lipinski definition) is 0. The predicted molar refractivity (Wildman–Crippen MR) is 107 cm³/mol. The summed E-state index contributed by atoms with van der Waals surface area (Å²) in [5, 5.41) is 0. The van der Waals surface area contributed by atoms with E-state index in [0.29, 0.717) is 25.0 Å². The summed E-state index contributed by atoms with van der Waals surface area (Å²) >= 11 is 0. The maximum atomic E-state index is 12.4. The van der Waals surface area contributed by atoms with Gasteiger partial charge in [-0.15, -0.1) is 0 Å². The summed E-state index contributed by atoms with van der Waals surface area (Å²) in [6.45, 7) is 0.445. The van der Waals surface area contributed by atoms with Crippen molar-refractivity contribution in [3.8, 4) is 11.1 Å². The summed E-state index contributed by atoms with van der Waals surface area (Å²) in [6.07, 6.45) is 4.05. The molecule has 2 heterocycles. The number of pyridine rings is 1. The van der Waals surface area contributed by atoms with Crippen LogP contribution in [-0.2, 0) is 24.2 Å². The number of hydrogen-bond acceptors (Lipinski definition) is 4. The molecule has 136 valence electrons. The fraction of sp³-hybridized carbons (Fsp3) is 0.130. The van der Waals surface area contributed by atoms with Gasteiger partial charge in [-0.05, 0) is 46.0 Å². The summed E-state index contributed by atoms with van der Waals surface area (Å²) in [4.78, 5) is 32.4. The maximum Gasteiger partial charge on any atom is 0.269 e. The highest BCUT2D eigenvalue weighted by Gasteiger charge is 2.18. The summed E-state index contributed by atoms with van der Waals surface area (Å²) in [7, 11) is 0. The van der Waals surface area contributed by atoms with Gasteiger partial charge >= 0.3 is 0 Å². The van der Waals surface area contributed by atoms with Gasteiger partial charge in [-0.2, -0.15) is 0 Å². The van der Waals surface area contributed by atoms with Crippen molar-refractivity contribution in [3.63, 3.8) is 0 Å². The number of aromatic nitrogens is 3. The van der Waals surface area contributed by atoms with Gasteiger partial charge in [0.2, 0.25) is 0 Å². The van der Waals surface area contributed by atoms with Gasteiger partial charge in [-0.25, -0.2) is 9.97 Å². The number of carbonyl (C=O) groups is 1. The number of rotatable bonds is 3. The fourth-order valence-electron chi connectivity index (χ4n) is 3.83. The second-order valence-electron chi connectivity index (χ2n) is 7.10. The Bertz CT molecular complexity index is 1290. The molecule has 5 rings (SSSR count). The first-order valence-electron chi connectivity index (χ1n) is 9.21. The molecule has 5 nitrogen and oxygen atoms in total. The van der Waals surface area contributed by atoms with Gasteiger partial charge in [-0.3, -0.25) is 14.2 Å². The van der Waals surface area contributed by atoms with E-state index in [1.807, 2.05) is 24.3 Å². The summed E-state index contributed by atoms with van der Waals surface area (Å²) in [5.74, 6) is 0.276. The Balaban J connectivity index is 1.53. The molecular formula is C23H17N3O2. The van der Waals surface area contributed by atoms with Crippen molar-refractivity contribution < 1.29 is 4.79 Å². The van der Waals surface area contributed by atoms with E-state index in [2.05, 4.69) is 40.3 Å². The highest BCUT2D eigenvalue weighted by atomic mass is 16.1. The minimum atomic E-state index is -0.151. The van der Waals surface area contributed by atoms with Crippen molar-refractivity contribution in [1.82, 2.24) is 14.5 Å². The third-order valence-corrected chi connectivity index (χ3v) is 5.20. The molecule has 28 heavy (non-hydrogen) atoms. The van der Waals surface area contributed by atoms with Gasteiger partial charge in [0.1, 0.15) is 5.78 Å². The van der Waals surface area contributed by atoms with Crippen LogP contribution in [0.3, 0.4) is 0 Å². The van der Waals surface area contributed by atoms with Gasteiger partial charge in [-0.1, -0.05) is 36.4 Å². The van der Waals surface area contributed by atoms with Crippen LogP contribution < -0.4 is 5.56 Å². The van der Waals surface area contributed by atoms with Crippen molar-refractivity contribution in [1.29, 1.82) is 0 Å². The van der Waals surface area contributed by atoms with E-state index >= 15 is 0 Å². The number of benzene rings is 2. The third kappa shape index (κ3) is 2.91. The van der Waals surface area contributed by atoms with Crippen LogP contribution in [0.25, 0.3) is 22.3 Å². The lowest BCUT2D eigenvalue weighted by Gasteiger charge is -2.11. The lowest BCUT2D eigenvalue weighted by Crippen LogP contribution is -2.21. The maximum absolute atomic E-state index is 12.4. The van der Waals surface area contributed by atoms with Crippen LogP contribution in [0.15, 0.2) is 71.8 Å². The van der Waals surface area contributed by atoms with Gasteiger partial charge in [0, 0.05) is 19.0 Å². The number of Topliss-reactive ketones (excluding diaryl/α,β-unsaturated/α-hetero) is 1. The first-order chi connectivity index (χ1) is 13.7. The molecule has 0 aliphatic heterocycles. The molecule has 2 aromatic carbocycles. The number of carbonyl (C=O) groups excluding carboxylic acids is 1. The molecule has 0 saturated carbocycles. The summed E-state index contributed by atoms with van der Waals surface area (Å²) in [5.41, 5.74) is 6.56. The number of nitrogens with zero attached hydrogens (tertiary/aromatic N) is 3. The Morgan fingerprint density at radius 2 is 1.71 bits per heavy atom. The summed E-state index contributed by atoms with van der Waals surface area (Å²) in [6, 6.07) is 18.0. The third-order valence-electron chi connectivity index (χ3n) is 5.20. The van der Waals surface area contributed by atoms with E-state index in [-0.39, 0.29) is 11.3 Å². The van der Waals surface area contributed by atoms with Crippen molar-refractivity contribution in [2.45, 2.75) is 19.4 Å². The highest BCUT2D eigenvalue weighted by Crippen LogP contribution is 2.27. The van der Waals surface area contributed by atoms with Crippen LogP contribution in [0.5, 0.6) is 0 Å². The quantitative estimate of drug-likeness (QED) is 0.558. The van der Waals surface area contributed by atoms with Crippen LogP contribution in [0, 0.1) is 0 Å². The molecule has 4 aromatic rings. The molecule has 1 aliphatic carbocycles. The monoisotopic (exact) mass is 367 g/mol. The zero-order valence-electron chi connectivity index (χ0n) is 15.1. The van der Waals surface area contributed by atoms with Crippen LogP contribution in [0.4, 0.5) is 0 Å². The van der Waals surface area contributed by atoms with Crippen molar-refractivity contribution in [2.24, 2.45) is 0 Å². The molecular weight excluding hydrogens is 350 g/mol. The minimum Gasteiger partial charge on any atom is -0.300 e. The molecule has 2 aromatic heterocycles. The highest BCUT2D eigenvalue weighted by molar-refractivity contribution is 5.88. The van der Waals surface area contributed by atoms with Crippen molar-refractivity contribution >= 4 is 16.9 Å². The number of fused-ring (bicyclic) bond motifs is 2. The van der Waals surface area contributed by atoms with E-state index in [0.717, 1.165) is 33.3 Å². The van der Waals surface area contributed by atoms with Gasteiger partial charge in [0.25, 0.3) is 5.56 Å². The standard InChI is InChI=1S/C23H17N3O2/c27-20-11-18-7-6-17(10-19(18)12-20)16-4-1-3-15(9-16)14-26-21-5-2-8-24-23(21)25-13-22(26)28/h1-10,13H,11-12,14H2. The van der Waals surface area contributed by atoms with Gasteiger partial charge in [0.15, 0.2) is 5.65 Å². The predicted octanol–water partition coefficient (Wildman–Crippen LogP) is 3.17. The molecule has 0 unspecified atom stereocenters. The zero-order chi connectivity index (χ0) is 19.1. The Morgan fingerprint density at radius 3 is 2.64 bits per heavy atom. The topological polar surface area (TPSA) is 64.8 Å². The van der Waals surface area contributed by atoms with Gasteiger partial charge < -0.3 is 0 Å². The van der Waals surface area contributed by atoms with E-state index in [1.165, 1.54) is 6.20 Å². The molecule has 5 heteroatoms. The molecule has 0 saturated heterocycles. The molecule has 0 atom stereocenters. The van der Waals surface area contributed by atoms with E-state index in [4.69, 9.17) is 0 Å². The minimum absolute atomic E-state index is 0.151. The van der Waals surface area contributed by atoms with E-state index in [1.54, 1.807) is 10.8 Å². The SMILES string of the molecule is O=C1Cc2ccc(-c3cccc(Cn4c(=O)cnc5ncccc54)c3)cc2C1. The lowest BCUT2D eigenvalue weighted by atomic mass is 9.99. The average molecular weight is 367 g/mol. The molecule has 0 spiro atoms. The Kier molecular flexibility index (Phi) is 3.86. The Hall–Kier alpha value is -3.60. The second kappa shape index (κ2) is 6.53. The molecule has 0 fully saturated rings. The molecule has 0 radical (unpaired) electrons. The Morgan fingerprint density at radius 1 is 0.857 bits per heavy atom. The Labute approximate surface area is 161 Å². The van der Waals surface area contributed by atoms with Gasteiger partial charge in [0.05, 0.1) is 18.3 Å². The average Bonchev–Trinajstić information content (AvgIpc) is 3.09. The molecule has 0 bridgehead atoms. The second-order valence-corrected chi connectivity index (χ2v) is 7.10. The van der Waals surface area contributed by atoms with E-state index < -0.39 is 0 Å². The van der Waals surface area contributed by atoms with Crippen molar-refractivity contribution in [3.05, 3.63) is 94.0 Å². The first kappa shape index (κ1) is 16.6. The fourth-order valence-corrected chi connectivity index (χ4v) is 3.83. The van der Waals surface area contributed by atoms with Crippen LogP contribution >= 0.6 is 0 Å². The molecule has 0 amide bonds. The van der Waals surface area contributed by atoms with Crippen LogP contribution in [-0.4, -0.2) is 20.3 Å². The molecule has 0 N–H and O–H groups in total. The number of ketones is 1. The first-order valence-corrected chi connectivity index (χ1v) is 9.21. The largest absolute Gasteiger partial charge is 0.300 e. The smallest absolute Gasteiger partial charge is 0.269 e. The zero-order valence-corrected chi connectivity index (χ0v) is 15.1.